The third-order valence-electron chi connectivity index (χ3n) is 5.93. The lowest BCUT2D eigenvalue weighted by molar-refractivity contribution is -0.119. The first-order chi connectivity index (χ1) is 18.6. The van der Waals surface area contributed by atoms with Crippen LogP contribution in [0.5, 0.6) is 0 Å². The van der Waals surface area contributed by atoms with Crippen LogP contribution in [-0.2, 0) is 34.3 Å². The standard InChI is InChI=1S/C26H27N3O8S2/c1-28(22-7-3-2-4-8-22)38(32,33)24-9-5-6-20(18-24)26(31)37-19-25(30)27-21-10-12-23(13-11-21)39(34,35)29-14-16-36-17-15-29/h2-13,18H,14-17,19H2,1H3,(H,27,30). The van der Waals surface area contributed by atoms with Crippen LogP contribution in [-0.4, -0.2) is 73.0 Å². The molecule has 0 spiro atoms. The number of morpholine rings is 1. The van der Waals surface area contributed by atoms with E-state index in [-0.39, 0.29) is 28.4 Å². The molecule has 1 heterocycles. The maximum atomic E-state index is 13.0. The summed E-state index contributed by atoms with van der Waals surface area (Å²) in [4.78, 5) is 24.8. The summed E-state index contributed by atoms with van der Waals surface area (Å²) in [7, 11) is -6.21. The number of anilines is 2. The van der Waals surface area contributed by atoms with Crippen LogP contribution in [0.3, 0.4) is 0 Å². The predicted molar refractivity (Wildman–Crippen MR) is 143 cm³/mol. The molecule has 0 unspecified atom stereocenters. The number of nitrogens with zero attached hydrogens (tertiary/aromatic N) is 2. The van der Waals surface area contributed by atoms with Gasteiger partial charge in [0.05, 0.1) is 34.3 Å². The zero-order chi connectivity index (χ0) is 28.0. The molecule has 39 heavy (non-hydrogen) atoms. The first-order valence-corrected chi connectivity index (χ1v) is 14.8. The monoisotopic (exact) mass is 573 g/mol. The highest BCUT2D eigenvalue weighted by molar-refractivity contribution is 7.92. The Labute approximate surface area is 227 Å². The molecule has 0 bridgehead atoms. The summed E-state index contributed by atoms with van der Waals surface area (Å²) in [6.45, 7) is 0.566. The fourth-order valence-corrected chi connectivity index (χ4v) is 6.43. The molecule has 206 valence electrons. The molecule has 1 aliphatic heterocycles. The number of carbonyl (C=O) groups is 2. The van der Waals surface area contributed by atoms with Crippen LogP contribution in [0.15, 0.2) is 88.7 Å². The summed E-state index contributed by atoms with van der Waals surface area (Å²) < 4.78 is 64.1. The molecule has 1 saturated heterocycles. The smallest absolute Gasteiger partial charge is 0.338 e. The van der Waals surface area contributed by atoms with Gasteiger partial charge in [0.2, 0.25) is 10.0 Å². The molecule has 0 aromatic heterocycles. The number of esters is 1. The van der Waals surface area contributed by atoms with Gasteiger partial charge in [-0.05, 0) is 54.6 Å². The van der Waals surface area contributed by atoms with E-state index in [0.29, 0.717) is 24.6 Å². The first kappa shape index (κ1) is 28.2. The van der Waals surface area contributed by atoms with Crippen molar-refractivity contribution in [1.82, 2.24) is 4.31 Å². The average Bonchev–Trinajstić information content (AvgIpc) is 2.96. The fraction of sp³-hybridized carbons (Fsp3) is 0.231. The topological polar surface area (TPSA) is 139 Å². The van der Waals surface area contributed by atoms with Crippen molar-refractivity contribution in [2.75, 3.05) is 49.6 Å². The number of sulfonamides is 2. The van der Waals surface area contributed by atoms with Crippen molar-refractivity contribution in [3.63, 3.8) is 0 Å². The lowest BCUT2D eigenvalue weighted by Crippen LogP contribution is -2.40. The van der Waals surface area contributed by atoms with Gasteiger partial charge >= 0.3 is 5.97 Å². The zero-order valence-corrected chi connectivity index (χ0v) is 22.7. The molecule has 1 N–H and O–H groups in total. The number of hydrogen-bond donors (Lipinski definition) is 1. The van der Waals surface area contributed by atoms with Gasteiger partial charge in [-0.15, -0.1) is 0 Å². The van der Waals surface area contributed by atoms with Gasteiger partial charge in [0.1, 0.15) is 0 Å². The molecular weight excluding hydrogens is 546 g/mol. The molecule has 11 nitrogen and oxygen atoms in total. The van der Waals surface area contributed by atoms with Crippen molar-refractivity contribution >= 4 is 43.3 Å². The van der Waals surface area contributed by atoms with Crippen molar-refractivity contribution in [2.45, 2.75) is 9.79 Å². The molecule has 1 amide bonds. The summed E-state index contributed by atoms with van der Waals surface area (Å²) in [6, 6.07) is 19.4. The molecule has 0 saturated carbocycles. The Morgan fingerprint density at radius 3 is 2.23 bits per heavy atom. The minimum atomic E-state index is -3.95. The molecule has 13 heteroatoms. The van der Waals surface area contributed by atoms with Crippen molar-refractivity contribution in [2.24, 2.45) is 0 Å². The van der Waals surface area contributed by atoms with Crippen molar-refractivity contribution < 1.29 is 35.9 Å². The van der Waals surface area contributed by atoms with E-state index in [1.807, 2.05) is 0 Å². The number of carbonyl (C=O) groups excluding carboxylic acids is 2. The number of nitrogens with one attached hydrogen (secondary N) is 1. The summed E-state index contributed by atoms with van der Waals surface area (Å²) in [5.74, 6) is -1.53. The Hall–Kier alpha value is -3.78. The number of benzene rings is 3. The Bertz CT molecular complexity index is 1540. The van der Waals surface area contributed by atoms with Gasteiger partial charge in [-0.1, -0.05) is 24.3 Å². The predicted octanol–water partition coefficient (Wildman–Crippen LogP) is 2.33. The maximum absolute atomic E-state index is 13.0. The van der Waals surface area contributed by atoms with E-state index in [1.54, 1.807) is 30.3 Å². The summed E-state index contributed by atoms with van der Waals surface area (Å²) >= 11 is 0. The normalized spacial score (nSPS) is 14.4. The van der Waals surface area contributed by atoms with Crippen molar-refractivity contribution in [3.05, 3.63) is 84.4 Å². The van der Waals surface area contributed by atoms with Gasteiger partial charge < -0.3 is 14.8 Å². The fourth-order valence-electron chi connectivity index (χ4n) is 3.78. The largest absolute Gasteiger partial charge is 0.452 e. The van der Waals surface area contributed by atoms with Crippen molar-refractivity contribution in [1.29, 1.82) is 0 Å². The molecule has 0 atom stereocenters. The third-order valence-corrected chi connectivity index (χ3v) is 9.62. The molecule has 0 radical (unpaired) electrons. The zero-order valence-electron chi connectivity index (χ0n) is 21.0. The van der Waals surface area contributed by atoms with Gasteiger partial charge in [-0.2, -0.15) is 4.31 Å². The lowest BCUT2D eigenvalue weighted by atomic mass is 10.2. The Morgan fingerprint density at radius 2 is 1.56 bits per heavy atom. The highest BCUT2D eigenvalue weighted by atomic mass is 32.2. The van der Waals surface area contributed by atoms with Crippen LogP contribution in [0.4, 0.5) is 11.4 Å². The molecule has 0 aliphatic carbocycles. The Morgan fingerprint density at radius 1 is 0.897 bits per heavy atom. The molecule has 3 aromatic rings. The van der Waals surface area contributed by atoms with E-state index < -0.39 is 38.5 Å². The molecule has 4 rings (SSSR count). The minimum Gasteiger partial charge on any atom is -0.452 e. The highest BCUT2D eigenvalue weighted by Crippen LogP contribution is 2.23. The van der Waals surface area contributed by atoms with E-state index >= 15 is 0 Å². The van der Waals surface area contributed by atoms with Crippen molar-refractivity contribution in [3.8, 4) is 0 Å². The van der Waals surface area contributed by atoms with Gasteiger partial charge in [0.15, 0.2) is 6.61 Å². The van der Waals surface area contributed by atoms with Crippen LogP contribution >= 0.6 is 0 Å². The van der Waals surface area contributed by atoms with Crippen LogP contribution in [0, 0.1) is 0 Å². The second kappa shape index (κ2) is 11.9. The third kappa shape index (κ3) is 6.63. The van der Waals surface area contributed by atoms with Gasteiger partial charge in [0, 0.05) is 25.8 Å². The molecule has 3 aromatic carbocycles. The van der Waals surface area contributed by atoms with Crippen LogP contribution in [0.1, 0.15) is 10.4 Å². The summed E-state index contributed by atoms with van der Waals surface area (Å²) in [6.07, 6.45) is 0. The average molecular weight is 574 g/mol. The van der Waals surface area contributed by atoms with E-state index in [2.05, 4.69) is 5.32 Å². The van der Waals surface area contributed by atoms with E-state index in [9.17, 15) is 26.4 Å². The molecular formula is C26H27N3O8S2. The quantitative estimate of drug-likeness (QED) is 0.385. The van der Waals surface area contributed by atoms with Gasteiger partial charge in [-0.25, -0.2) is 21.6 Å². The Balaban J connectivity index is 1.35. The number of para-hydroxylation sites is 1. The maximum Gasteiger partial charge on any atom is 0.338 e. The number of hydrogen-bond acceptors (Lipinski definition) is 8. The van der Waals surface area contributed by atoms with Gasteiger partial charge in [-0.3, -0.25) is 9.10 Å². The second-order valence-electron chi connectivity index (χ2n) is 8.50. The van der Waals surface area contributed by atoms with Crippen LogP contribution in [0.2, 0.25) is 0 Å². The second-order valence-corrected chi connectivity index (χ2v) is 12.4. The van der Waals surface area contributed by atoms with E-state index in [1.165, 1.54) is 59.9 Å². The Kier molecular flexibility index (Phi) is 8.65. The van der Waals surface area contributed by atoms with Crippen LogP contribution in [0.25, 0.3) is 0 Å². The number of ether oxygens (including phenoxy) is 2. The van der Waals surface area contributed by atoms with Gasteiger partial charge in [0.25, 0.3) is 15.9 Å². The van der Waals surface area contributed by atoms with E-state index in [0.717, 1.165) is 4.31 Å². The molecule has 1 fully saturated rings. The summed E-state index contributed by atoms with van der Waals surface area (Å²) in [5, 5.41) is 2.53. The summed E-state index contributed by atoms with van der Waals surface area (Å²) in [5.41, 5.74) is 0.728. The van der Waals surface area contributed by atoms with E-state index in [4.69, 9.17) is 9.47 Å². The molecule has 1 aliphatic rings. The number of amides is 1. The number of rotatable bonds is 9. The first-order valence-electron chi connectivity index (χ1n) is 11.9. The van der Waals surface area contributed by atoms with Crippen LogP contribution < -0.4 is 9.62 Å². The lowest BCUT2D eigenvalue weighted by Gasteiger charge is -2.26. The highest BCUT2D eigenvalue weighted by Gasteiger charge is 2.26. The minimum absolute atomic E-state index is 0.0389. The SMILES string of the molecule is CN(c1ccccc1)S(=O)(=O)c1cccc(C(=O)OCC(=O)Nc2ccc(S(=O)(=O)N3CCOCC3)cc2)c1.